The van der Waals surface area contributed by atoms with Crippen LogP contribution in [0.2, 0.25) is 0 Å². The lowest BCUT2D eigenvalue weighted by atomic mass is 9.78. The fraction of sp³-hybridized carbons (Fsp3) is 0.791. The molecule has 0 aliphatic carbocycles. The van der Waals surface area contributed by atoms with Gasteiger partial charge in [-0.25, -0.2) is 0 Å². The highest BCUT2D eigenvalue weighted by Crippen LogP contribution is 2.49. The summed E-state index contributed by atoms with van der Waals surface area (Å²) in [6, 6.07) is 0.523. The number of nitrogens with zero attached hydrogens (tertiary/aromatic N) is 18. The molecule has 0 aromatic carbocycles. The molecule has 12 aliphatic heterocycles. The number of hydrogen-bond acceptors (Lipinski definition) is 26. The number of aliphatic carboxylic acids is 3. The maximum Gasteiger partial charge on any atom is 0.321 e. The van der Waals surface area contributed by atoms with Crippen molar-refractivity contribution >= 4 is 70.8 Å². The van der Waals surface area contributed by atoms with E-state index in [-0.39, 0.29) is 138 Å². The lowest BCUT2D eigenvalue weighted by molar-refractivity contribution is -0.145. The summed E-state index contributed by atoms with van der Waals surface area (Å²) in [6.07, 6.45) is 0.651. The molecule has 0 aromatic heterocycles. The van der Waals surface area contributed by atoms with Crippen LogP contribution in [0.3, 0.4) is 0 Å². The minimum Gasteiger partial charge on any atom is -0.481 e. The van der Waals surface area contributed by atoms with Crippen LogP contribution in [0, 0.1) is 70.9 Å². The Kier molecular flexibility index (Phi) is 40.3. The Balaban J connectivity index is 0.000000236. The van der Waals surface area contributed by atoms with E-state index in [0.29, 0.717) is 39.1 Å². The number of methoxy groups -OCH3 is 2. The first-order valence-electron chi connectivity index (χ1n) is 53.9. The third kappa shape index (κ3) is 32.0. The molecule has 12 heterocycles. The minimum atomic E-state index is -0.759. The fourth-order valence-corrected chi connectivity index (χ4v) is 23.7. The van der Waals surface area contributed by atoms with E-state index in [2.05, 4.69) is 345 Å². The molecule has 0 bridgehead atoms. The fourth-order valence-electron chi connectivity index (χ4n) is 23.7. The van der Waals surface area contributed by atoms with Crippen molar-refractivity contribution in [1.29, 1.82) is 0 Å². The van der Waals surface area contributed by atoms with Crippen molar-refractivity contribution in [1.82, 2.24) is 58.8 Å². The molecular weight excluding hydrogens is 1820 g/mol. The summed E-state index contributed by atoms with van der Waals surface area (Å²) < 4.78 is 9.64. The highest BCUT2D eigenvalue weighted by Gasteiger charge is 2.50. The molecule has 1 amide bonds. The van der Waals surface area contributed by atoms with Crippen molar-refractivity contribution in [3.8, 4) is 0 Å². The van der Waals surface area contributed by atoms with Crippen LogP contribution < -0.4 is 5.73 Å². The maximum atomic E-state index is 11.9. The molecule has 0 aromatic rings. The van der Waals surface area contributed by atoms with Crippen molar-refractivity contribution in [2.24, 2.45) is 107 Å². The Morgan fingerprint density at radius 3 is 0.710 bits per heavy atom. The summed E-state index contributed by atoms with van der Waals surface area (Å²) in [5, 5.41) is 27.9. The van der Waals surface area contributed by atoms with Crippen molar-refractivity contribution in [2.45, 2.75) is 360 Å². The lowest BCUT2D eigenvalue weighted by Gasteiger charge is -2.49. The number of amidine groups is 6. The molecule has 6 saturated heterocycles. The van der Waals surface area contributed by atoms with E-state index in [4.69, 9.17) is 55.4 Å². The van der Waals surface area contributed by atoms with Crippen LogP contribution in [0.5, 0.6) is 0 Å². The van der Waals surface area contributed by atoms with Gasteiger partial charge in [0.1, 0.15) is 41.1 Å². The largest absolute Gasteiger partial charge is 0.481 e. The van der Waals surface area contributed by atoms with E-state index in [9.17, 15) is 33.9 Å². The summed E-state index contributed by atoms with van der Waals surface area (Å²) in [4.78, 5) is 126. The first kappa shape index (κ1) is 124. The second-order valence-corrected chi connectivity index (χ2v) is 54.9. The van der Waals surface area contributed by atoms with E-state index in [1.54, 1.807) is 0 Å². The molecule has 1 unspecified atom stereocenters. The molecule has 0 saturated carbocycles. The molecule has 7 atom stereocenters. The van der Waals surface area contributed by atoms with Crippen LogP contribution in [-0.4, -0.2) is 352 Å². The van der Waals surface area contributed by atoms with Gasteiger partial charge in [-0.05, 0) is 113 Å². The number of carboxylic acid groups (broad SMARTS) is 3. The van der Waals surface area contributed by atoms with Crippen LogP contribution in [0.15, 0.2) is 97.6 Å². The summed E-state index contributed by atoms with van der Waals surface area (Å²) in [5.41, 5.74) is 21.8. The van der Waals surface area contributed by atoms with Crippen LogP contribution >= 0.6 is 0 Å². The molecular formula is C115H201N19O11. The zero-order valence-electron chi connectivity index (χ0n) is 99.5. The molecule has 6 fully saturated rings. The summed E-state index contributed by atoms with van der Waals surface area (Å²) in [5.74, 6) is 4.23. The van der Waals surface area contributed by atoms with Crippen LogP contribution in [-0.2, 0) is 38.2 Å². The van der Waals surface area contributed by atoms with Gasteiger partial charge in [0.25, 0.3) is 0 Å². The number of carbonyl (C=O) groups is 6. The molecule has 30 nitrogen and oxygen atoms in total. The Morgan fingerprint density at radius 2 is 0.503 bits per heavy atom. The number of carboxylic acids is 3. The minimum absolute atomic E-state index is 0.000521. The van der Waals surface area contributed by atoms with Crippen molar-refractivity contribution in [3.05, 3.63) is 67.6 Å². The van der Waals surface area contributed by atoms with Gasteiger partial charge in [-0.2, -0.15) is 0 Å². The van der Waals surface area contributed by atoms with E-state index in [1.165, 1.54) is 87.7 Å². The van der Waals surface area contributed by atoms with Gasteiger partial charge in [0, 0.05) is 198 Å². The van der Waals surface area contributed by atoms with Gasteiger partial charge in [0.2, 0.25) is 5.91 Å². The molecule has 12 rings (SSSR count). The smallest absolute Gasteiger partial charge is 0.321 e. The van der Waals surface area contributed by atoms with Gasteiger partial charge in [0.15, 0.2) is 0 Å². The number of carbonyl (C=O) groups excluding carboxylic acids is 3. The zero-order valence-corrected chi connectivity index (χ0v) is 99.5. The Morgan fingerprint density at radius 1 is 0.290 bits per heavy atom. The monoisotopic (exact) mass is 2020 g/mol. The number of hydrogen-bond donors (Lipinski definition) is 4. The average Bonchev–Trinajstić information content (AvgIpc) is 0.676. The van der Waals surface area contributed by atoms with Crippen LogP contribution in [0.25, 0.3) is 0 Å². The number of nitrogens with two attached hydrogens (primary N) is 1. The SMILES string of the molecule is CC(C)C(C(=O)O)N1CCN2C(C(C)(C)C)=N[C@@H](C)C(C(C)(C)C)=C2C1.COC(=O)CCN1CCN2C(C(C)(C)C)=N[C@@H](C)C(C(C)(C)C)=C2C1.COC(=O)CN1CCN2C(C(C)(C)C)=N[C@@H](C)C(C(C)(C)C)=C2C1.C[C@@H]1N=C(C(C)(C)C)N2CCN(CC(=O)O)CC2=C1C(C)(C)C.C[C@@H]1N=C(C(C)(C)C)N2CCN(CC(N)=O)CC2=C1C(C)(C)C.C[C@@H]1N=C(C(C)(C)C)N2CCN(CCC(=O)O)CC2=C1C(C)(C)C. The molecule has 30 heteroatoms. The van der Waals surface area contributed by atoms with Crippen LogP contribution in [0.4, 0.5) is 0 Å². The van der Waals surface area contributed by atoms with Gasteiger partial charge in [-0.15, -0.1) is 0 Å². The number of fused-ring (bicyclic) bond motifs is 6. The second kappa shape index (κ2) is 47.2. The molecule has 822 valence electrons. The highest BCUT2D eigenvalue weighted by atomic mass is 16.5. The first-order valence-corrected chi connectivity index (χ1v) is 53.9. The standard InChI is InChI=1S/C21H37N3O2.C20H35N3O2.2C19H33N3O2.C18H32N4O.C18H31N3O2/c1-13(2)17(18(25)26)23-10-11-24-15(12-23)16(20(4,5)6)14(3)22-19(24)21(7,8)9;1-14-17(19(2,3)4)15-13-22(10-9-16(24)25-8)11-12-23(15)18(21-14)20(5,6)7;1-13-16(18(2,3)4)14-11-21(12-15(23)24-8)9-10-22(14)17(20-13)19(5,6)7;1-13-16(18(2,3)4)14-12-21(9-8-15(23)24)10-11-22(14)17(20-13)19(5,6)7;1-12-15(17(2,3)4)13-10-21(11-14(19)23)8-9-22(13)16(20-12)18(5,6)7;1-12-15(17(2,3)4)13-10-20(11-14(22)23)8-9-21(13)16(19-12)18(5,6)7/h13-14,17H,10-12H2,1-9H3,(H,25,26);14H,9-13H2,1-8H3;13H,9-12H2,1-8H3;13H,8-12H2,1-7H3,(H,23,24);12H,8-11H2,1-7H3,(H2,19,23);12H,8-11H2,1-7H3,(H,22,23)/t14-,17?;14-;2*13-;2*12-/m000000/s1. The number of ether oxygens (including phenoxy) is 2. The predicted molar refractivity (Wildman–Crippen MR) is 595 cm³/mol. The molecule has 145 heavy (non-hydrogen) atoms. The van der Waals surface area contributed by atoms with E-state index >= 15 is 0 Å². The van der Waals surface area contributed by atoms with Crippen LogP contribution in [0.1, 0.15) is 317 Å². The number of piperazine rings is 6. The topological polar surface area (TPSA) is 321 Å². The number of esters is 2. The van der Waals surface area contributed by atoms with Gasteiger partial charge in [-0.3, -0.25) is 88.1 Å². The normalized spacial score (nSPS) is 23.4. The molecule has 0 spiro atoms. The summed E-state index contributed by atoms with van der Waals surface area (Å²) in [6.45, 7) is 114. The van der Waals surface area contributed by atoms with Gasteiger partial charge in [-0.1, -0.05) is 263 Å². The van der Waals surface area contributed by atoms with Gasteiger partial charge < -0.3 is 59.9 Å². The third-order valence-corrected chi connectivity index (χ3v) is 28.8. The van der Waals surface area contributed by atoms with Crippen molar-refractivity contribution in [3.63, 3.8) is 0 Å². The Hall–Kier alpha value is -8.16. The van der Waals surface area contributed by atoms with Gasteiger partial charge in [0.05, 0.1) is 82.9 Å². The van der Waals surface area contributed by atoms with E-state index in [0.717, 1.165) is 140 Å². The quantitative estimate of drug-likeness (QED) is 0.111. The maximum absolute atomic E-state index is 11.9. The summed E-state index contributed by atoms with van der Waals surface area (Å²) in [7, 11) is 2.90. The second-order valence-electron chi connectivity index (χ2n) is 54.9. The number of aliphatic imine (C=N–C) groups is 6. The third-order valence-electron chi connectivity index (χ3n) is 28.8. The highest BCUT2D eigenvalue weighted by molar-refractivity contribution is 5.94. The number of primary amides is 1. The van der Waals surface area contributed by atoms with Gasteiger partial charge >= 0.3 is 29.8 Å². The van der Waals surface area contributed by atoms with E-state index in [1.807, 2.05) is 18.7 Å². The Labute approximate surface area is 877 Å². The lowest BCUT2D eigenvalue weighted by Crippen LogP contribution is -2.58. The predicted octanol–water partition coefficient (Wildman–Crippen LogP) is 18.4. The average molecular weight is 2030 g/mol. The van der Waals surface area contributed by atoms with Crippen molar-refractivity contribution in [2.75, 3.05) is 165 Å². The number of rotatable bonds is 15. The molecule has 0 radical (unpaired) electrons. The molecule has 5 N–H and O–H groups in total. The molecule has 12 aliphatic rings. The summed E-state index contributed by atoms with van der Waals surface area (Å²) >= 11 is 0. The Bertz CT molecular complexity index is 4920. The first-order chi connectivity index (χ1) is 65.9. The number of amides is 1. The van der Waals surface area contributed by atoms with Crippen molar-refractivity contribution < 1.29 is 53.6 Å². The zero-order chi connectivity index (χ0) is 111. The van der Waals surface area contributed by atoms with E-state index < -0.39 is 23.9 Å².